The van der Waals surface area contributed by atoms with Crippen molar-refractivity contribution < 1.29 is 0 Å². The number of hydrogen-bond donors (Lipinski definition) is 1. The normalized spacial score (nSPS) is 10.9. The summed E-state index contributed by atoms with van der Waals surface area (Å²) in [5.74, 6) is 0. The monoisotopic (exact) mass is 211 g/mol. The zero-order chi connectivity index (χ0) is 10.4. The smallest absolute Gasteiger partial charge is 0.0406 e. The van der Waals surface area contributed by atoms with E-state index in [1.54, 1.807) is 0 Å². The van der Waals surface area contributed by atoms with Gasteiger partial charge in [0.2, 0.25) is 0 Å². The molecule has 0 aliphatic rings. The first kappa shape index (κ1) is 11.5. The van der Waals surface area contributed by atoms with Crippen LogP contribution in [0.3, 0.4) is 0 Å². The van der Waals surface area contributed by atoms with Gasteiger partial charge in [0.1, 0.15) is 0 Å². The molecule has 1 aromatic rings. The number of rotatable bonds is 5. The van der Waals surface area contributed by atoms with Gasteiger partial charge in [0.25, 0.3) is 0 Å². The Morgan fingerprint density at radius 2 is 1.86 bits per heavy atom. The van der Waals surface area contributed by atoms with E-state index < -0.39 is 0 Å². The van der Waals surface area contributed by atoms with Gasteiger partial charge in [0.05, 0.1) is 0 Å². The van der Waals surface area contributed by atoms with Crippen molar-refractivity contribution in [2.75, 3.05) is 6.54 Å². The average molecular weight is 212 g/mol. The maximum atomic E-state index is 5.80. The molecule has 0 aromatic heterocycles. The van der Waals surface area contributed by atoms with Crippen LogP contribution in [0.4, 0.5) is 0 Å². The lowest BCUT2D eigenvalue weighted by Gasteiger charge is -2.07. The summed E-state index contributed by atoms with van der Waals surface area (Å²) >= 11 is 5.80. The third-order valence-electron chi connectivity index (χ3n) is 2.11. The highest BCUT2D eigenvalue weighted by molar-refractivity contribution is 6.30. The summed E-state index contributed by atoms with van der Waals surface area (Å²) in [4.78, 5) is 0. The van der Waals surface area contributed by atoms with Gasteiger partial charge in [-0.3, -0.25) is 0 Å². The molecule has 78 valence electrons. The Hall–Kier alpha value is -0.530. The number of halogens is 1. The lowest BCUT2D eigenvalue weighted by molar-refractivity contribution is 0.570. The Morgan fingerprint density at radius 1 is 1.21 bits per heavy atom. The predicted molar refractivity (Wildman–Crippen MR) is 62.9 cm³/mol. The van der Waals surface area contributed by atoms with E-state index in [0.717, 1.165) is 18.0 Å². The fraction of sp³-hybridized carbons (Fsp3) is 0.500. The molecular formula is C12H18ClN. The van der Waals surface area contributed by atoms with E-state index in [1.165, 1.54) is 12.0 Å². The van der Waals surface area contributed by atoms with E-state index in [9.17, 15) is 0 Å². The van der Waals surface area contributed by atoms with Crippen LogP contribution in [-0.4, -0.2) is 12.6 Å². The van der Waals surface area contributed by atoms with E-state index in [4.69, 9.17) is 11.6 Å². The minimum absolute atomic E-state index is 0.584. The summed E-state index contributed by atoms with van der Waals surface area (Å²) in [6.07, 6.45) is 2.30. The van der Waals surface area contributed by atoms with E-state index in [-0.39, 0.29) is 0 Å². The zero-order valence-corrected chi connectivity index (χ0v) is 9.64. The maximum absolute atomic E-state index is 5.80. The summed E-state index contributed by atoms with van der Waals surface area (Å²) in [5.41, 5.74) is 1.36. The van der Waals surface area contributed by atoms with Gasteiger partial charge in [-0.2, -0.15) is 0 Å². The maximum Gasteiger partial charge on any atom is 0.0406 e. The molecule has 14 heavy (non-hydrogen) atoms. The third kappa shape index (κ3) is 4.64. The molecule has 0 spiro atoms. The van der Waals surface area contributed by atoms with Gasteiger partial charge in [0.15, 0.2) is 0 Å². The van der Waals surface area contributed by atoms with Crippen LogP contribution in [0.1, 0.15) is 25.8 Å². The van der Waals surface area contributed by atoms with Crippen molar-refractivity contribution in [1.82, 2.24) is 5.32 Å². The molecule has 0 saturated carbocycles. The molecule has 0 bridgehead atoms. The summed E-state index contributed by atoms with van der Waals surface area (Å²) in [6.45, 7) is 5.42. The Morgan fingerprint density at radius 3 is 2.43 bits per heavy atom. The minimum Gasteiger partial charge on any atom is -0.315 e. The topological polar surface area (TPSA) is 12.0 Å². The molecule has 0 atom stereocenters. The molecule has 0 aliphatic carbocycles. The zero-order valence-electron chi connectivity index (χ0n) is 8.89. The second-order valence-corrected chi connectivity index (χ2v) is 4.28. The SMILES string of the molecule is CC(C)NCCCc1ccc(Cl)cc1. The first-order valence-corrected chi connectivity index (χ1v) is 5.54. The van der Waals surface area contributed by atoms with Crippen molar-refractivity contribution in [2.45, 2.75) is 32.7 Å². The van der Waals surface area contributed by atoms with Crippen LogP contribution in [0.15, 0.2) is 24.3 Å². The molecule has 0 unspecified atom stereocenters. The Bertz CT molecular complexity index is 254. The molecule has 2 heteroatoms. The molecule has 0 heterocycles. The van der Waals surface area contributed by atoms with Crippen LogP contribution >= 0.6 is 11.6 Å². The quantitative estimate of drug-likeness (QED) is 0.738. The van der Waals surface area contributed by atoms with E-state index in [1.807, 2.05) is 12.1 Å². The second kappa shape index (κ2) is 6.05. The van der Waals surface area contributed by atoms with Crippen LogP contribution < -0.4 is 5.32 Å². The summed E-state index contributed by atoms with van der Waals surface area (Å²) in [6, 6.07) is 8.68. The van der Waals surface area contributed by atoms with Crippen molar-refractivity contribution in [3.05, 3.63) is 34.9 Å². The number of nitrogens with one attached hydrogen (secondary N) is 1. The van der Waals surface area contributed by atoms with Gasteiger partial charge in [-0.05, 0) is 37.1 Å². The molecule has 1 nitrogen and oxygen atoms in total. The average Bonchev–Trinajstić information content (AvgIpc) is 2.15. The van der Waals surface area contributed by atoms with Gasteiger partial charge in [-0.15, -0.1) is 0 Å². The molecule has 0 aliphatic heterocycles. The largest absolute Gasteiger partial charge is 0.315 e. The summed E-state index contributed by atoms with van der Waals surface area (Å²) in [7, 11) is 0. The molecule has 0 fully saturated rings. The lowest BCUT2D eigenvalue weighted by atomic mass is 10.1. The van der Waals surface area contributed by atoms with Crippen LogP contribution in [0.25, 0.3) is 0 Å². The number of benzene rings is 1. The second-order valence-electron chi connectivity index (χ2n) is 3.84. The molecule has 0 saturated heterocycles. The minimum atomic E-state index is 0.584. The standard InChI is InChI=1S/C12H18ClN/c1-10(2)14-9-3-4-11-5-7-12(13)8-6-11/h5-8,10,14H,3-4,9H2,1-2H3. The van der Waals surface area contributed by atoms with Crippen molar-refractivity contribution in [3.8, 4) is 0 Å². The van der Waals surface area contributed by atoms with E-state index in [0.29, 0.717) is 6.04 Å². The first-order valence-electron chi connectivity index (χ1n) is 5.16. The highest BCUT2D eigenvalue weighted by Crippen LogP contribution is 2.10. The molecule has 1 rings (SSSR count). The van der Waals surface area contributed by atoms with Crippen LogP contribution in [0, 0.1) is 0 Å². The fourth-order valence-corrected chi connectivity index (χ4v) is 1.46. The van der Waals surface area contributed by atoms with Gasteiger partial charge < -0.3 is 5.32 Å². The molecule has 0 amide bonds. The molecule has 0 radical (unpaired) electrons. The highest BCUT2D eigenvalue weighted by atomic mass is 35.5. The van der Waals surface area contributed by atoms with Crippen LogP contribution in [-0.2, 0) is 6.42 Å². The molecule has 1 aromatic carbocycles. The van der Waals surface area contributed by atoms with Crippen molar-refractivity contribution in [1.29, 1.82) is 0 Å². The number of hydrogen-bond acceptors (Lipinski definition) is 1. The van der Waals surface area contributed by atoms with Crippen LogP contribution in [0.5, 0.6) is 0 Å². The van der Waals surface area contributed by atoms with Gasteiger partial charge in [-0.25, -0.2) is 0 Å². The van der Waals surface area contributed by atoms with Crippen LogP contribution in [0.2, 0.25) is 5.02 Å². The highest BCUT2D eigenvalue weighted by Gasteiger charge is 1.94. The van der Waals surface area contributed by atoms with E-state index >= 15 is 0 Å². The molecular weight excluding hydrogens is 194 g/mol. The fourth-order valence-electron chi connectivity index (χ4n) is 1.33. The Kier molecular flexibility index (Phi) is 4.99. The predicted octanol–water partition coefficient (Wildman–Crippen LogP) is 3.27. The van der Waals surface area contributed by atoms with Gasteiger partial charge >= 0.3 is 0 Å². The number of aryl methyl sites for hydroxylation is 1. The van der Waals surface area contributed by atoms with E-state index in [2.05, 4.69) is 31.3 Å². The van der Waals surface area contributed by atoms with Gasteiger partial charge in [0, 0.05) is 11.1 Å². The summed E-state index contributed by atoms with van der Waals surface area (Å²) < 4.78 is 0. The first-order chi connectivity index (χ1) is 6.68. The van der Waals surface area contributed by atoms with Crippen molar-refractivity contribution in [2.24, 2.45) is 0 Å². The Labute approximate surface area is 91.5 Å². The van der Waals surface area contributed by atoms with Crippen molar-refractivity contribution in [3.63, 3.8) is 0 Å². The van der Waals surface area contributed by atoms with Gasteiger partial charge in [-0.1, -0.05) is 37.6 Å². The molecule has 1 N–H and O–H groups in total. The summed E-state index contributed by atoms with van der Waals surface area (Å²) in [5, 5.41) is 4.21. The van der Waals surface area contributed by atoms with Crippen molar-refractivity contribution >= 4 is 11.6 Å². The third-order valence-corrected chi connectivity index (χ3v) is 2.36. The Balaban J connectivity index is 2.21. The lowest BCUT2D eigenvalue weighted by Crippen LogP contribution is -2.23.